The summed E-state index contributed by atoms with van der Waals surface area (Å²) < 4.78 is 29.9. The third-order valence-electron chi connectivity index (χ3n) is 14.3. The third kappa shape index (κ3) is 17.1. The Balaban J connectivity index is 0.632. The lowest BCUT2D eigenvalue weighted by Gasteiger charge is -2.35. The Morgan fingerprint density at radius 3 is 2.08 bits per heavy atom. The second-order valence-electron chi connectivity index (χ2n) is 22.0. The Kier molecular flexibility index (Phi) is 22.6. The van der Waals surface area contributed by atoms with Crippen LogP contribution in [0.3, 0.4) is 0 Å². The summed E-state index contributed by atoms with van der Waals surface area (Å²) in [5.41, 5.74) is 8.56. The summed E-state index contributed by atoms with van der Waals surface area (Å²) in [6, 6.07) is 15.6. The SMILES string of the molecule is Cc1ncsc1-c1ccc([C@H](C)NC(=O)[C@@H]2C[C@@H](O)CN2C(=O)[C@@H](NC(=O)CCOCCOCCOCCOCCOCCC(=O)N2CCN(c3nnc(-c4cnc(-c5ccc6cc(C#N)cnn56)cc4NC(C)C)s3)CC2)C(C)(C)C)cc1. The van der Waals surface area contributed by atoms with Crippen LogP contribution in [0.25, 0.3) is 37.9 Å². The number of benzene rings is 1. The molecule has 7 heterocycles. The highest BCUT2D eigenvalue weighted by Gasteiger charge is 2.45. The van der Waals surface area contributed by atoms with Crippen LogP contribution in [0.1, 0.15) is 83.7 Å². The van der Waals surface area contributed by atoms with Crippen molar-refractivity contribution in [3.8, 4) is 38.5 Å². The molecule has 0 spiro atoms. The molecule has 0 aliphatic carbocycles. The predicted octanol–water partition coefficient (Wildman–Crippen LogP) is 5.92. The molecule has 1 aromatic carbocycles. The van der Waals surface area contributed by atoms with E-state index in [9.17, 15) is 29.5 Å². The van der Waals surface area contributed by atoms with Gasteiger partial charge in [-0.25, -0.2) is 9.50 Å². The number of nitrogens with zero attached hydrogens (tertiary/aromatic N) is 10. The van der Waals surface area contributed by atoms with Crippen molar-refractivity contribution in [1.82, 2.24) is 50.2 Å². The molecule has 0 radical (unpaired) electrons. The summed E-state index contributed by atoms with van der Waals surface area (Å²) in [5, 5.41) is 44.4. The molecule has 2 saturated heterocycles. The zero-order valence-electron chi connectivity index (χ0n) is 48.9. The number of hydrogen-bond donors (Lipinski definition) is 4. The molecule has 84 heavy (non-hydrogen) atoms. The second kappa shape index (κ2) is 30.2. The Labute approximate surface area is 498 Å². The predicted molar refractivity (Wildman–Crippen MR) is 319 cm³/mol. The number of rotatable bonds is 29. The number of aliphatic hydroxyl groups excluding tert-OH is 1. The third-order valence-corrected chi connectivity index (χ3v) is 16.3. The van der Waals surface area contributed by atoms with Crippen LogP contribution in [-0.2, 0) is 42.9 Å². The van der Waals surface area contributed by atoms with Crippen molar-refractivity contribution in [2.45, 2.75) is 98.0 Å². The van der Waals surface area contributed by atoms with Crippen LogP contribution in [0.4, 0.5) is 10.8 Å². The lowest BCUT2D eigenvalue weighted by atomic mass is 9.85. The van der Waals surface area contributed by atoms with Gasteiger partial charge in [-0.3, -0.25) is 24.2 Å². The van der Waals surface area contributed by atoms with Gasteiger partial charge in [-0.05, 0) is 68.5 Å². The zero-order valence-corrected chi connectivity index (χ0v) is 50.5. The number of anilines is 2. The van der Waals surface area contributed by atoms with Crippen LogP contribution in [0.5, 0.6) is 0 Å². The normalized spacial score (nSPS) is 16.3. The number of aryl methyl sites for hydroxylation is 1. The Morgan fingerprint density at radius 1 is 0.810 bits per heavy atom. The van der Waals surface area contributed by atoms with Gasteiger partial charge in [0.05, 0.1) is 135 Å². The minimum Gasteiger partial charge on any atom is -0.391 e. The molecule has 450 valence electrons. The molecule has 4 amide bonds. The summed E-state index contributed by atoms with van der Waals surface area (Å²) in [4.78, 5) is 69.4. The molecule has 0 bridgehead atoms. The van der Waals surface area contributed by atoms with Crippen LogP contribution in [0.15, 0.2) is 66.4 Å². The van der Waals surface area contributed by atoms with Gasteiger partial charge in [-0.1, -0.05) is 56.4 Å². The van der Waals surface area contributed by atoms with Crippen molar-refractivity contribution in [2.75, 3.05) is 109 Å². The maximum absolute atomic E-state index is 14.1. The van der Waals surface area contributed by atoms with Crippen LogP contribution < -0.4 is 20.9 Å². The minimum atomic E-state index is -0.945. The largest absolute Gasteiger partial charge is 0.391 e. The molecule has 4 atom stereocenters. The summed E-state index contributed by atoms with van der Waals surface area (Å²) in [6.45, 7) is 19.1. The number of aliphatic hydroxyl groups is 1. The van der Waals surface area contributed by atoms with Crippen molar-refractivity contribution >= 4 is 62.6 Å². The molecule has 8 rings (SSSR count). The summed E-state index contributed by atoms with van der Waals surface area (Å²) in [6.07, 6.45) is 2.85. The lowest BCUT2D eigenvalue weighted by molar-refractivity contribution is -0.144. The molecule has 5 aromatic heterocycles. The molecule has 4 N–H and O–H groups in total. The molecule has 23 nitrogen and oxygen atoms in total. The first-order valence-corrected chi connectivity index (χ1v) is 30.2. The van der Waals surface area contributed by atoms with Gasteiger partial charge in [0.15, 0.2) is 5.01 Å². The number of aromatic nitrogens is 6. The standard InChI is InChI=1S/C59H77N13O10S2/c1-38(2)64-47-32-48(49-13-12-44-30-41(33-60)34-63-72(44)49)61-35-46(47)56-67-68-58(84-56)70-18-16-69(17-19-70)52(75)15-21-79-23-25-81-27-29-82-28-26-80-24-22-78-20-14-51(74)66-54(59(5,6)7)57(77)71-36-45(73)31-50(71)55(76)65-39(3)42-8-10-43(11-9-42)53-40(4)62-37-83-53/h8-13,30,32,34-35,37-39,45,50,54,73H,14-29,31,36H2,1-7H3,(H,61,64)(H,65,76)(H,66,74)/t39-,45+,50-,54+/m0/s1. The van der Waals surface area contributed by atoms with E-state index in [0.29, 0.717) is 84.6 Å². The zero-order chi connectivity index (χ0) is 59.8. The number of hydrogen-bond acceptors (Lipinski definition) is 20. The van der Waals surface area contributed by atoms with Crippen molar-refractivity contribution in [3.05, 3.63) is 83.3 Å². The van der Waals surface area contributed by atoms with Crippen LogP contribution in [0, 0.1) is 23.7 Å². The van der Waals surface area contributed by atoms with E-state index in [-0.39, 0.29) is 68.8 Å². The van der Waals surface area contributed by atoms with E-state index in [1.54, 1.807) is 34.3 Å². The second-order valence-corrected chi connectivity index (χ2v) is 23.8. The monoisotopic (exact) mass is 1190 g/mol. The Bertz CT molecular complexity index is 3190. The quantitative estimate of drug-likeness (QED) is 0.0397. The van der Waals surface area contributed by atoms with E-state index in [1.165, 1.54) is 16.2 Å². The van der Waals surface area contributed by atoms with E-state index >= 15 is 0 Å². The number of carbonyl (C=O) groups excluding carboxylic acids is 4. The molecule has 2 aliphatic rings. The lowest BCUT2D eigenvalue weighted by Crippen LogP contribution is -2.58. The van der Waals surface area contributed by atoms with Crippen LogP contribution in [0.2, 0.25) is 0 Å². The average Bonchev–Trinajstić information content (AvgIpc) is 4.53. The fourth-order valence-corrected chi connectivity index (χ4v) is 11.5. The van der Waals surface area contributed by atoms with Gasteiger partial charge >= 0.3 is 0 Å². The molecule has 2 fully saturated rings. The van der Waals surface area contributed by atoms with E-state index in [4.69, 9.17) is 28.7 Å². The molecule has 0 unspecified atom stereocenters. The van der Waals surface area contributed by atoms with Crippen molar-refractivity contribution in [2.24, 2.45) is 5.41 Å². The molecule has 25 heteroatoms. The number of nitriles is 1. The van der Waals surface area contributed by atoms with Crippen molar-refractivity contribution < 1.29 is 48.0 Å². The summed E-state index contributed by atoms with van der Waals surface area (Å²) >= 11 is 3.06. The first-order chi connectivity index (χ1) is 40.5. The summed E-state index contributed by atoms with van der Waals surface area (Å²) in [7, 11) is 0. The van der Waals surface area contributed by atoms with Gasteiger partial charge < -0.3 is 59.4 Å². The van der Waals surface area contributed by atoms with E-state index < -0.39 is 29.5 Å². The van der Waals surface area contributed by atoms with Gasteiger partial charge in [-0.2, -0.15) is 10.4 Å². The maximum Gasteiger partial charge on any atom is 0.246 e. The first kappa shape index (κ1) is 63.0. The minimum absolute atomic E-state index is 0.0159. The number of likely N-dealkylation sites (tertiary alicyclic amines) is 1. The van der Waals surface area contributed by atoms with Gasteiger partial charge in [-0.15, -0.1) is 21.5 Å². The highest BCUT2D eigenvalue weighted by atomic mass is 32.1. The maximum atomic E-state index is 14.1. The number of nitrogens with one attached hydrogen (secondary N) is 3. The summed E-state index contributed by atoms with van der Waals surface area (Å²) in [5.74, 6) is -1.13. The van der Waals surface area contributed by atoms with Crippen LogP contribution >= 0.6 is 22.7 Å². The van der Waals surface area contributed by atoms with Gasteiger partial charge in [0.2, 0.25) is 28.8 Å². The number of amides is 4. The van der Waals surface area contributed by atoms with E-state index in [1.807, 2.05) is 87.5 Å². The molecular formula is C59H77N13O10S2. The first-order valence-electron chi connectivity index (χ1n) is 28.5. The molecular weight excluding hydrogens is 1110 g/mol. The number of β-amino-alcohol motifs (C(OH)–C–C–N with tert-alkyl or cyclic N) is 1. The fourth-order valence-electron chi connectivity index (χ4n) is 9.76. The smallest absolute Gasteiger partial charge is 0.246 e. The molecule has 2 aliphatic heterocycles. The van der Waals surface area contributed by atoms with Crippen molar-refractivity contribution in [1.29, 1.82) is 5.26 Å². The molecule has 6 aromatic rings. The number of fused-ring (bicyclic) bond motifs is 1. The molecule has 0 saturated carbocycles. The highest BCUT2D eigenvalue weighted by molar-refractivity contribution is 7.18. The highest BCUT2D eigenvalue weighted by Crippen LogP contribution is 2.37. The van der Waals surface area contributed by atoms with E-state index in [0.717, 1.165) is 60.0 Å². The van der Waals surface area contributed by atoms with E-state index in [2.05, 4.69) is 61.0 Å². The number of thiazole rings is 1. The fraction of sp³-hybridized carbons (Fsp3) is 0.525. The Hall–Kier alpha value is -7.02. The number of carbonyl (C=O) groups is 4. The van der Waals surface area contributed by atoms with Gasteiger partial charge in [0, 0.05) is 63.5 Å². The number of pyridine rings is 1. The van der Waals surface area contributed by atoms with Crippen molar-refractivity contribution in [3.63, 3.8) is 0 Å². The van der Waals surface area contributed by atoms with Gasteiger partial charge in [0.1, 0.15) is 18.2 Å². The number of piperazine rings is 1. The van der Waals surface area contributed by atoms with Crippen LogP contribution in [-0.4, -0.2) is 191 Å². The van der Waals surface area contributed by atoms with Gasteiger partial charge in [0.25, 0.3) is 0 Å². The number of ether oxygens (including phenoxy) is 5. The average molecular weight is 1190 g/mol. The topological polar surface area (TPSA) is 273 Å². The Morgan fingerprint density at radius 2 is 1.46 bits per heavy atom.